The first-order valence-corrected chi connectivity index (χ1v) is 6.75. The Labute approximate surface area is 113 Å². The molecule has 0 amide bonds. The maximum atomic E-state index is 11.2. The van der Waals surface area contributed by atoms with Gasteiger partial charge in [0.05, 0.1) is 5.56 Å². The highest BCUT2D eigenvalue weighted by Crippen LogP contribution is 2.20. The zero-order chi connectivity index (χ0) is 13.8. The Bertz CT molecular complexity index is 509. The van der Waals surface area contributed by atoms with E-state index in [0.29, 0.717) is 5.56 Å². The zero-order valence-electron chi connectivity index (χ0n) is 11.5. The normalized spacial score (nSPS) is 15.3. The molecule has 102 valence electrons. The number of rotatable bonds is 4. The lowest BCUT2D eigenvalue weighted by Crippen LogP contribution is -2.30. The molecule has 1 aromatic heterocycles. The second kappa shape index (κ2) is 5.87. The average molecular weight is 260 g/mol. The lowest BCUT2D eigenvalue weighted by atomic mass is 10.1. The second-order valence-electron chi connectivity index (χ2n) is 5.02. The summed E-state index contributed by atoms with van der Waals surface area (Å²) in [4.78, 5) is 18.0. The van der Waals surface area contributed by atoms with Crippen molar-refractivity contribution >= 4 is 11.8 Å². The van der Waals surface area contributed by atoms with Gasteiger partial charge in [-0.25, -0.2) is 9.78 Å². The van der Waals surface area contributed by atoms with Crippen LogP contribution in [0.15, 0.2) is 23.8 Å². The molecule has 0 atom stereocenters. The molecule has 0 saturated heterocycles. The minimum absolute atomic E-state index is 0.334. The number of aryl methyl sites for hydroxylation is 1. The number of hydrogen-bond donors (Lipinski definition) is 1. The van der Waals surface area contributed by atoms with Gasteiger partial charge in [0.25, 0.3) is 0 Å². The van der Waals surface area contributed by atoms with Crippen molar-refractivity contribution in [3.63, 3.8) is 0 Å². The Hall–Kier alpha value is -1.84. The van der Waals surface area contributed by atoms with Crippen LogP contribution in [-0.2, 0) is 6.42 Å². The predicted molar refractivity (Wildman–Crippen MR) is 75.8 cm³/mol. The van der Waals surface area contributed by atoms with Gasteiger partial charge in [0.2, 0.25) is 0 Å². The predicted octanol–water partition coefficient (Wildman–Crippen LogP) is 2.89. The van der Waals surface area contributed by atoms with Crippen molar-refractivity contribution in [2.24, 2.45) is 0 Å². The molecular formula is C15H20N2O2. The van der Waals surface area contributed by atoms with E-state index in [4.69, 9.17) is 0 Å². The molecule has 19 heavy (non-hydrogen) atoms. The van der Waals surface area contributed by atoms with E-state index in [0.717, 1.165) is 43.9 Å². The van der Waals surface area contributed by atoms with E-state index in [9.17, 15) is 9.90 Å². The number of carboxylic acids is 1. The van der Waals surface area contributed by atoms with E-state index in [1.54, 1.807) is 12.1 Å². The van der Waals surface area contributed by atoms with E-state index in [2.05, 4.69) is 29.8 Å². The fraction of sp³-hybridized carbons (Fsp3) is 0.467. The minimum Gasteiger partial charge on any atom is -0.478 e. The molecule has 0 fully saturated rings. The molecule has 0 bridgehead atoms. The van der Waals surface area contributed by atoms with Crippen LogP contribution >= 0.6 is 0 Å². The molecule has 0 aromatic carbocycles. The Morgan fingerprint density at radius 3 is 2.89 bits per heavy atom. The zero-order valence-corrected chi connectivity index (χ0v) is 11.5. The van der Waals surface area contributed by atoms with Crippen molar-refractivity contribution in [1.82, 2.24) is 4.98 Å². The van der Waals surface area contributed by atoms with Crippen LogP contribution in [0.2, 0.25) is 0 Å². The van der Waals surface area contributed by atoms with Gasteiger partial charge in [-0.05, 0) is 31.9 Å². The third kappa shape index (κ3) is 3.34. The first-order chi connectivity index (χ1) is 9.10. The number of hydrogen-bond acceptors (Lipinski definition) is 3. The van der Waals surface area contributed by atoms with Crippen molar-refractivity contribution < 1.29 is 9.90 Å². The van der Waals surface area contributed by atoms with Crippen LogP contribution in [0.5, 0.6) is 0 Å². The van der Waals surface area contributed by atoms with E-state index >= 15 is 0 Å². The molecule has 0 unspecified atom stereocenters. The van der Waals surface area contributed by atoms with Gasteiger partial charge in [0.15, 0.2) is 0 Å². The number of carbonyl (C=O) groups is 1. The van der Waals surface area contributed by atoms with E-state index < -0.39 is 5.97 Å². The minimum atomic E-state index is -0.884. The molecule has 1 aliphatic rings. The van der Waals surface area contributed by atoms with Gasteiger partial charge in [0, 0.05) is 18.8 Å². The van der Waals surface area contributed by atoms with Gasteiger partial charge in [-0.2, -0.15) is 0 Å². The summed E-state index contributed by atoms with van der Waals surface area (Å²) >= 11 is 0. The summed E-state index contributed by atoms with van der Waals surface area (Å²) in [5.74, 6) is -0.0962. The maximum Gasteiger partial charge on any atom is 0.335 e. The fourth-order valence-corrected chi connectivity index (χ4v) is 2.35. The third-order valence-electron chi connectivity index (χ3n) is 3.27. The monoisotopic (exact) mass is 260 g/mol. The highest BCUT2D eigenvalue weighted by atomic mass is 16.4. The molecule has 0 radical (unpaired) electrons. The summed E-state index contributed by atoms with van der Waals surface area (Å²) in [5.41, 5.74) is 2.51. The first-order valence-electron chi connectivity index (χ1n) is 6.75. The third-order valence-corrected chi connectivity index (χ3v) is 3.27. The molecule has 1 aliphatic heterocycles. The first kappa shape index (κ1) is 13.6. The summed E-state index contributed by atoms with van der Waals surface area (Å²) < 4.78 is 0. The maximum absolute atomic E-state index is 11.2. The number of carboxylic acid groups (broad SMARTS) is 1. The van der Waals surface area contributed by atoms with Crippen LogP contribution in [-0.4, -0.2) is 29.1 Å². The lowest BCUT2D eigenvalue weighted by molar-refractivity contribution is 0.0696. The van der Waals surface area contributed by atoms with Crippen molar-refractivity contribution in [2.45, 2.75) is 33.1 Å². The van der Waals surface area contributed by atoms with Crippen LogP contribution < -0.4 is 4.90 Å². The van der Waals surface area contributed by atoms with Gasteiger partial charge < -0.3 is 10.0 Å². The highest BCUT2D eigenvalue weighted by Gasteiger charge is 2.15. The number of anilines is 1. The van der Waals surface area contributed by atoms with Crippen molar-refractivity contribution in [3.05, 3.63) is 35.0 Å². The average Bonchev–Trinajstić information content (AvgIpc) is 2.38. The number of aromatic carboxylic acids is 1. The van der Waals surface area contributed by atoms with Crippen molar-refractivity contribution in [2.75, 3.05) is 18.0 Å². The molecule has 0 spiro atoms. The quantitative estimate of drug-likeness (QED) is 0.846. The summed E-state index contributed by atoms with van der Waals surface area (Å²) in [6, 6.07) is 3.36. The Kier molecular flexibility index (Phi) is 4.20. The number of aromatic nitrogens is 1. The van der Waals surface area contributed by atoms with E-state index in [-0.39, 0.29) is 0 Å². The summed E-state index contributed by atoms with van der Waals surface area (Å²) in [5, 5.41) is 9.19. The molecule has 4 nitrogen and oxygen atoms in total. The Balaban J connectivity index is 2.33. The van der Waals surface area contributed by atoms with Gasteiger partial charge >= 0.3 is 5.97 Å². The molecular weight excluding hydrogens is 240 g/mol. The lowest BCUT2D eigenvalue weighted by Gasteiger charge is -2.27. The Morgan fingerprint density at radius 1 is 1.47 bits per heavy atom. The van der Waals surface area contributed by atoms with Crippen LogP contribution in [0, 0.1) is 0 Å². The summed E-state index contributed by atoms with van der Waals surface area (Å²) in [6.07, 6.45) is 5.00. The molecule has 2 rings (SSSR count). The molecule has 1 aromatic rings. The van der Waals surface area contributed by atoms with Gasteiger partial charge in [-0.1, -0.05) is 25.0 Å². The molecule has 4 heteroatoms. The molecule has 1 N–H and O–H groups in total. The fourth-order valence-electron chi connectivity index (χ4n) is 2.35. The highest BCUT2D eigenvalue weighted by molar-refractivity contribution is 5.88. The van der Waals surface area contributed by atoms with Gasteiger partial charge in [-0.15, -0.1) is 0 Å². The number of nitrogens with zero attached hydrogens (tertiary/aromatic N) is 2. The molecule has 0 saturated carbocycles. The van der Waals surface area contributed by atoms with Crippen LogP contribution in [0.3, 0.4) is 0 Å². The van der Waals surface area contributed by atoms with E-state index in [1.807, 2.05) is 0 Å². The van der Waals surface area contributed by atoms with Crippen molar-refractivity contribution in [1.29, 1.82) is 0 Å². The summed E-state index contributed by atoms with van der Waals surface area (Å²) in [6.45, 7) is 5.91. The van der Waals surface area contributed by atoms with Crippen LogP contribution in [0.25, 0.3) is 0 Å². The van der Waals surface area contributed by atoms with Crippen LogP contribution in [0.1, 0.15) is 42.7 Å². The molecule has 0 aliphatic carbocycles. The second-order valence-corrected chi connectivity index (χ2v) is 5.02. The smallest absolute Gasteiger partial charge is 0.335 e. The number of pyridine rings is 1. The standard InChI is InChI=1S/C15H20N2O2/c1-3-5-13-8-12(15(18)19)9-14(16-13)17-7-4-6-11(2)10-17/h6,8-9H,3-5,7,10H2,1-2H3,(H,18,19). The van der Waals surface area contributed by atoms with Crippen molar-refractivity contribution in [3.8, 4) is 0 Å². The van der Waals surface area contributed by atoms with Crippen LogP contribution in [0.4, 0.5) is 5.82 Å². The summed E-state index contributed by atoms with van der Waals surface area (Å²) in [7, 11) is 0. The SMILES string of the molecule is CCCc1cc(C(=O)O)cc(N2CCC=C(C)C2)n1. The Morgan fingerprint density at radius 2 is 2.26 bits per heavy atom. The largest absolute Gasteiger partial charge is 0.478 e. The topological polar surface area (TPSA) is 53.4 Å². The molecule has 2 heterocycles. The van der Waals surface area contributed by atoms with Gasteiger partial charge in [0.1, 0.15) is 5.82 Å². The van der Waals surface area contributed by atoms with Gasteiger partial charge in [-0.3, -0.25) is 0 Å². The van der Waals surface area contributed by atoms with E-state index in [1.165, 1.54) is 5.57 Å².